The van der Waals surface area contributed by atoms with E-state index in [4.69, 9.17) is 9.47 Å². The van der Waals surface area contributed by atoms with Gasteiger partial charge in [0.15, 0.2) is 11.6 Å². The van der Waals surface area contributed by atoms with Gasteiger partial charge < -0.3 is 14.8 Å². The lowest BCUT2D eigenvalue weighted by molar-refractivity contribution is 0.103. The van der Waals surface area contributed by atoms with E-state index in [1.165, 1.54) is 6.07 Å². The molecule has 150 valence electrons. The molecule has 28 heavy (non-hydrogen) atoms. The van der Waals surface area contributed by atoms with Crippen LogP contribution in [0.5, 0.6) is 11.5 Å². The first-order chi connectivity index (χ1) is 13.5. The topological polar surface area (TPSA) is 33.7 Å². The summed E-state index contributed by atoms with van der Waals surface area (Å²) >= 11 is 0. The standard InChI is InChI=1S/C22H26F2N2O2/c1-14(2)28-21-6-4-3-5-16(21)19-13-26(9-8-25-19)20-7-10-27-22-17(20)11-15(23)12-18(22)24/h3-6,11-12,14,19-20,25H,7-10,13H2,1-2H3/t19-,20+/m0/s1. The normalized spacial score (nSPS) is 22.6. The van der Waals surface area contributed by atoms with E-state index < -0.39 is 11.6 Å². The Balaban J connectivity index is 1.60. The summed E-state index contributed by atoms with van der Waals surface area (Å²) in [5.41, 5.74) is 1.72. The van der Waals surface area contributed by atoms with E-state index in [1.807, 2.05) is 32.0 Å². The fraction of sp³-hybridized carbons (Fsp3) is 0.455. The molecule has 2 aliphatic rings. The summed E-state index contributed by atoms with van der Waals surface area (Å²) in [7, 11) is 0. The van der Waals surface area contributed by atoms with Gasteiger partial charge in [0.1, 0.15) is 11.6 Å². The Labute approximate surface area is 164 Å². The molecule has 1 N–H and O–H groups in total. The molecule has 1 fully saturated rings. The third-order valence-corrected chi connectivity index (χ3v) is 5.34. The molecular weight excluding hydrogens is 362 g/mol. The van der Waals surface area contributed by atoms with Gasteiger partial charge in [-0.1, -0.05) is 18.2 Å². The molecule has 6 heteroatoms. The Hall–Kier alpha value is -2.18. The second-order valence-corrected chi connectivity index (χ2v) is 7.66. The molecular formula is C22H26F2N2O2. The number of benzene rings is 2. The number of hydrogen-bond acceptors (Lipinski definition) is 4. The molecule has 0 unspecified atom stereocenters. The number of piperazine rings is 1. The van der Waals surface area contributed by atoms with Crippen LogP contribution in [0.1, 0.15) is 43.5 Å². The van der Waals surface area contributed by atoms with E-state index in [2.05, 4.69) is 16.3 Å². The van der Waals surface area contributed by atoms with E-state index in [0.29, 0.717) is 18.6 Å². The maximum absolute atomic E-state index is 14.2. The molecule has 0 bridgehead atoms. The van der Waals surface area contributed by atoms with Crippen molar-refractivity contribution >= 4 is 0 Å². The van der Waals surface area contributed by atoms with Crippen LogP contribution in [0.2, 0.25) is 0 Å². The average Bonchev–Trinajstić information content (AvgIpc) is 2.67. The van der Waals surface area contributed by atoms with E-state index in [0.717, 1.165) is 37.0 Å². The van der Waals surface area contributed by atoms with Crippen LogP contribution in [0, 0.1) is 11.6 Å². The second-order valence-electron chi connectivity index (χ2n) is 7.66. The summed E-state index contributed by atoms with van der Waals surface area (Å²) in [4.78, 5) is 2.30. The number of nitrogens with one attached hydrogen (secondary N) is 1. The summed E-state index contributed by atoms with van der Waals surface area (Å²) in [6, 6.07) is 10.4. The van der Waals surface area contributed by atoms with Crippen LogP contribution in [0.3, 0.4) is 0 Å². The molecule has 0 aromatic heterocycles. The van der Waals surface area contributed by atoms with Gasteiger partial charge in [-0.25, -0.2) is 8.78 Å². The van der Waals surface area contributed by atoms with Crippen LogP contribution < -0.4 is 14.8 Å². The molecule has 2 aromatic rings. The highest BCUT2D eigenvalue weighted by Crippen LogP contribution is 2.40. The van der Waals surface area contributed by atoms with Crippen molar-refractivity contribution in [3.8, 4) is 11.5 Å². The van der Waals surface area contributed by atoms with Gasteiger partial charge in [0.2, 0.25) is 0 Å². The minimum atomic E-state index is -0.623. The fourth-order valence-electron chi connectivity index (χ4n) is 4.18. The van der Waals surface area contributed by atoms with Crippen molar-refractivity contribution in [1.82, 2.24) is 10.2 Å². The fourth-order valence-corrected chi connectivity index (χ4v) is 4.18. The molecule has 4 nitrogen and oxygen atoms in total. The zero-order valence-corrected chi connectivity index (χ0v) is 16.3. The van der Waals surface area contributed by atoms with Crippen LogP contribution in [0.25, 0.3) is 0 Å². The van der Waals surface area contributed by atoms with Gasteiger partial charge in [0, 0.05) is 55.3 Å². The first-order valence-electron chi connectivity index (χ1n) is 9.87. The van der Waals surface area contributed by atoms with Crippen LogP contribution in [-0.2, 0) is 0 Å². The molecule has 0 radical (unpaired) electrons. The lowest BCUT2D eigenvalue weighted by Gasteiger charge is -2.41. The molecule has 0 saturated carbocycles. The number of halogens is 2. The third-order valence-electron chi connectivity index (χ3n) is 5.34. The summed E-state index contributed by atoms with van der Waals surface area (Å²) in [5, 5.41) is 3.56. The maximum Gasteiger partial charge on any atom is 0.168 e. The Bertz CT molecular complexity index is 843. The van der Waals surface area contributed by atoms with E-state index in [1.54, 1.807) is 0 Å². The average molecular weight is 388 g/mol. The SMILES string of the molecule is CC(C)Oc1ccccc1[C@@H]1CN([C@@H]2CCOc3c(F)cc(F)cc32)CCN1. The van der Waals surface area contributed by atoms with E-state index in [-0.39, 0.29) is 23.9 Å². The maximum atomic E-state index is 14.2. The smallest absolute Gasteiger partial charge is 0.168 e. The van der Waals surface area contributed by atoms with Gasteiger partial charge in [0.25, 0.3) is 0 Å². The van der Waals surface area contributed by atoms with Crippen molar-refractivity contribution in [1.29, 1.82) is 0 Å². The molecule has 0 spiro atoms. The largest absolute Gasteiger partial charge is 0.491 e. The highest BCUT2D eigenvalue weighted by atomic mass is 19.1. The highest BCUT2D eigenvalue weighted by Gasteiger charge is 2.33. The van der Waals surface area contributed by atoms with E-state index >= 15 is 0 Å². The number of ether oxygens (including phenoxy) is 2. The van der Waals surface area contributed by atoms with Gasteiger partial charge in [0.05, 0.1) is 12.7 Å². The predicted octanol–water partition coefficient (Wildman–Crippen LogP) is 4.22. The molecule has 0 amide bonds. The minimum absolute atomic E-state index is 0.0586. The molecule has 0 aliphatic carbocycles. The van der Waals surface area contributed by atoms with Crippen molar-refractivity contribution in [2.45, 2.75) is 38.5 Å². The molecule has 2 atom stereocenters. The van der Waals surface area contributed by atoms with Crippen LogP contribution in [0.4, 0.5) is 8.78 Å². The van der Waals surface area contributed by atoms with Gasteiger partial charge >= 0.3 is 0 Å². The zero-order valence-electron chi connectivity index (χ0n) is 16.3. The molecule has 1 saturated heterocycles. The number of rotatable bonds is 4. The van der Waals surface area contributed by atoms with Gasteiger partial charge in [-0.05, 0) is 26.0 Å². The van der Waals surface area contributed by atoms with Crippen LogP contribution in [-0.4, -0.2) is 37.2 Å². The number of fused-ring (bicyclic) bond motifs is 1. The second kappa shape index (κ2) is 8.05. The Kier molecular flexibility index (Phi) is 5.51. The minimum Gasteiger partial charge on any atom is -0.491 e. The van der Waals surface area contributed by atoms with Crippen LogP contribution in [0.15, 0.2) is 36.4 Å². The van der Waals surface area contributed by atoms with Crippen molar-refractivity contribution in [3.05, 3.63) is 59.2 Å². The summed E-state index contributed by atoms with van der Waals surface area (Å²) in [5.74, 6) is -0.117. The first kappa shape index (κ1) is 19.2. The van der Waals surface area contributed by atoms with Gasteiger partial charge in [-0.2, -0.15) is 0 Å². The summed E-state index contributed by atoms with van der Waals surface area (Å²) < 4.78 is 39.5. The zero-order chi connectivity index (χ0) is 19.7. The van der Waals surface area contributed by atoms with Crippen molar-refractivity contribution in [3.63, 3.8) is 0 Å². The summed E-state index contributed by atoms with van der Waals surface area (Å²) in [6.45, 7) is 6.80. The Morgan fingerprint density at radius 1 is 1.18 bits per heavy atom. The summed E-state index contributed by atoms with van der Waals surface area (Å²) in [6.07, 6.45) is 0.807. The lowest BCUT2D eigenvalue weighted by atomic mass is 9.95. The van der Waals surface area contributed by atoms with E-state index in [9.17, 15) is 8.78 Å². The van der Waals surface area contributed by atoms with Crippen molar-refractivity contribution in [2.24, 2.45) is 0 Å². The quantitative estimate of drug-likeness (QED) is 0.850. The third kappa shape index (κ3) is 3.84. The number of nitrogens with zero attached hydrogens (tertiary/aromatic N) is 1. The van der Waals surface area contributed by atoms with Crippen molar-refractivity contribution in [2.75, 3.05) is 26.2 Å². The van der Waals surface area contributed by atoms with Crippen molar-refractivity contribution < 1.29 is 18.3 Å². The Morgan fingerprint density at radius 3 is 2.82 bits per heavy atom. The molecule has 4 rings (SSSR count). The van der Waals surface area contributed by atoms with Gasteiger partial charge in [-0.15, -0.1) is 0 Å². The Morgan fingerprint density at radius 2 is 2.00 bits per heavy atom. The molecule has 2 heterocycles. The number of hydrogen-bond donors (Lipinski definition) is 1. The first-order valence-corrected chi connectivity index (χ1v) is 9.87. The van der Waals surface area contributed by atoms with Gasteiger partial charge in [-0.3, -0.25) is 4.90 Å². The molecule has 2 aliphatic heterocycles. The monoisotopic (exact) mass is 388 g/mol. The molecule has 2 aromatic carbocycles. The highest BCUT2D eigenvalue weighted by molar-refractivity contribution is 5.40. The number of para-hydroxylation sites is 1. The van der Waals surface area contributed by atoms with Crippen LogP contribution >= 0.6 is 0 Å². The predicted molar refractivity (Wildman–Crippen MR) is 104 cm³/mol. The lowest BCUT2D eigenvalue weighted by Crippen LogP contribution is -2.48.